The van der Waals surface area contributed by atoms with E-state index in [0.29, 0.717) is 0 Å². The van der Waals surface area contributed by atoms with Gasteiger partial charge in [0.15, 0.2) is 0 Å². The second-order valence-electron chi connectivity index (χ2n) is 12.5. The molecule has 0 amide bonds. The average molecular weight is 460 g/mol. The zero-order valence-corrected chi connectivity index (χ0v) is 21.6. The lowest BCUT2D eigenvalue weighted by atomic mass is 9.83. The number of nitrogens with zero attached hydrogens (tertiary/aromatic N) is 1. The lowest BCUT2D eigenvalue weighted by Crippen LogP contribution is -2.12. The van der Waals surface area contributed by atoms with Crippen molar-refractivity contribution < 1.29 is 4.74 Å². The largest absolute Gasteiger partial charge is 0.456 e. The molecule has 0 saturated carbocycles. The van der Waals surface area contributed by atoms with Crippen LogP contribution >= 0.6 is 0 Å². The Morgan fingerprint density at radius 2 is 1.46 bits per heavy atom. The van der Waals surface area contributed by atoms with Crippen LogP contribution in [-0.2, 0) is 12.8 Å². The van der Waals surface area contributed by atoms with Gasteiger partial charge < -0.3 is 4.74 Å². The Morgan fingerprint density at radius 3 is 2.23 bits per heavy atom. The van der Waals surface area contributed by atoms with Crippen molar-refractivity contribution in [3.8, 4) is 22.8 Å². The molecule has 0 unspecified atom stereocenters. The Balaban J connectivity index is 1.69. The van der Waals surface area contributed by atoms with Crippen molar-refractivity contribution in [2.45, 2.75) is 54.4 Å². The van der Waals surface area contributed by atoms with Gasteiger partial charge in [0.1, 0.15) is 11.5 Å². The smallest absolute Gasteiger partial charge is 0.140 e. The summed E-state index contributed by atoms with van der Waals surface area (Å²) in [6.07, 6.45) is 3.92. The molecule has 2 heteroatoms. The molecule has 176 valence electrons. The fraction of sp³-hybridized carbons (Fsp3) is 0.303. The van der Waals surface area contributed by atoms with Crippen LogP contribution in [0.1, 0.15) is 52.7 Å². The standard InChI is InChI=1S/C33H33NO/c1-32(2,3)18-21-11-9-13-23-24-14-15-34-30-26-16-20-10-7-8-12-22(20)27(19-33(4,5)6)31(26)35-28(29(24)30)17-25(21)23/h7-17H,18-19H2,1-6H3. The summed E-state index contributed by atoms with van der Waals surface area (Å²) in [5, 5.41) is 7.41. The Kier molecular flexibility index (Phi) is 4.77. The molecule has 0 spiro atoms. The van der Waals surface area contributed by atoms with E-state index in [1.807, 2.05) is 6.20 Å². The van der Waals surface area contributed by atoms with Gasteiger partial charge in [-0.15, -0.1) is 0 Å². The normalized spacial score (nSPS) is 13.3. The molecule has 0 saturated heterocycles. The molecule has 0 radical (unpaired) electrons. The van der Waals surface area contributed by atoms with Gasteiger partial charge in [-0.3, -0.25) is 4.98 Å². The maximum absolute atomic E-state index is 6.89. The predicted molar refractivity (Wildman–Crippen MR) is 149 cm³/mol. The molecule has 0 aliphatic carbocycles. The number of ether oxygens (including phenoxy) is 1. The maximum atomic E-state index is 6.89. The van der Waals surface area contributed by atoms with Crippen molar-refractivity contribution in [3.05, 3.63) is 78.0 Å². The minimum absolute atomic E-state index is 0.129. The summed E-state index contributed by atoms with van der Waals surface area (Å²) in [6, 6.07) is 22.1. The van der Waals surface area contributed by atoms with Gasteiger partial charge >= 0.3 is 0 Å². The van der Waals surface area contributed by atoms with Crippen molar-refractivity contribution in [1.29, 1.82) is 0 Å². The first-order chi connectivity index (χ1) is 16.6. The van der Waals surface area contributed by atoms with Gasteiger partial charge in [0.25, 0.3) is 0 Å². The predicted octanol–water partition coefficient (Wildman–Crippen LogP) is 9.49. The van der Waals surface area contributed by atoms with E-state index < -0.39 is 0 Å². The second kappa shape index (κ2) is 7.55. The lowest BCUT2D eigenvalue weighted by molar-refractivity contribution is 0.400. The Hall–Kier alpha value is -3.39. The van der Waals surface area contributed by atoms with Crippen LogP contribution in [0.15, 0.2) is 66.9 Å². The van der Waals surface area contributed by atoms with Crippen LogP contribution in [0.4, 0.5) is 0 Å². The third-order valence-corrected chi connectivity index (χ3v) is 6.96. The minimum Gasteiger partial charge on any atom is -0.456 e. The molecule has 35 heavy (non-hydrogen) atoms. The molecule has 0 bridgehead atoms. The van der Waals surface area contributed by atoms with E-state index in [1.165, 1.54) is 38.1 Å². The van der Waals surface area contributed by atoms with Crippen LogP contribution < -0.4 is 4.74 Å². The highest BCUT2D eigenvalue weighted by Crippen LogP contribution is 2.51. The molecule has 1 aromatic heterocycles. The highest BCUT2D eigenvalue weighted by Gasteiger charge is 2.28. The highest BCUT2D eigenvalue weighted by atomic mass is 16.5. The molecular formula is C33H33NO. The summed E-state index contributed by atoms with van der Waals surface area (Å²) in [6.45, 7) is 13.8. The van der Waals surface area contributed by atoms with E-state index in [9.17, 15) is 0 Å². The zero-order chi connectivity index (χ0) is 24.5. The van der Waals surface area contributed by atoms with Crippen LogP contribution in [0.25, 0.3) is 43.6 Å². The number of hydrogen-bond donors (Lipinski definition) is 0. The number of rotatable bonds is 2. The van der Waals surface area contributed by atoms with E-state index >= 15 is 0 Å². The summed E-state index contributed by atoms with van der Waals surface area (Å²) in [7, 11) is 0. The number of hydrogen-bond acceptors (Lipinski definition) is 2. The molecule has 1 aliphatic heterocycles. The molecular weight excluding hydrogens is 426 g/mol. The van der Waals surface area contributed by atoms with Crippen molar-refractivity contribution in [2.24, 2.45) is 10.8 Å². The second-order valence-corrected chi connectivity index (χ2v) is 12.5. The molecule has 0 N–H and O–H groups in total. The van der Waals surface area contributed by atoms with E-state index in [-0.39, 0.29) is 10.8 Å². The molecule has 2 nitrogen and oxygen atoms in total. The quantitative estimate of drug-likeness (QED) is 0.241. The summed E-state index contributed by atoms with van der Waals surface area (Å²) >= 11 is 0. The van der Waals surface area contributed by atoms with Crippen LogP contribution in [0.5, 0.6) is 11.5 Å². The van der Waals surface area contributed by atoms with Crippen LogP contribution in [0.2, 0.25) is 0 Å². The minimum atomic E-state index is 0.129. The Bertz CT molecular complexity index is 1630. The van der Waals surface area contributed by atoms with Crippen molar-refractivity contribution in [3.63, 3.8) is 0 Å². The monoisotopic (exact) mass is 459 g/mol. The Morgan fingerprint density at radius 1 is 0.714 bits per heavy atom. The molecule has 0 atom stereocenters. The molecule has 5 aromatic rings. The fourth-order valence-corrected chi connectivity index (χ4v) is 5.68. The number of aromatic nitrogens is 1. The summed E-state index contributed by atoms with van der Waals surface area (Å²) in [5.41, 5.74) is 5.11. The highest BCUT2D eigenvalue weighted by molar-refractivity contribution is 6.17. The first-order valence-corrected chi connectivity index (χ1v) is 12.7. The third kappa shape index (κ3) is 3.76. The molecule has 1 aliphatic rings. The third-order valence-electron chi connectivity index (χ3n) is 6.96. The van der Waals surface area contributed by atoms with Crippen LogP contribution in [-0.4, -0.2) is 4.98 Å². The maximum Gasteiger partial charge on any atom is 0.140 e. The number of benzene rings is 4. The fourth-order valence-electron chi connectivity index (χ4n) is 5.68. The van der Waals surface area contributed by atoms with E-state index in [1.54, 1.807) is 0 Å². The van der Waals surface area contributed by atoms with Gasteiger partial charge in [-0.05, 0) is 74.4 Å². The van der Waals surface area contributed by atoms with Gasteiger partial charge in [-0.1, -0.05) is 84.0 Å². The lowest BCUT2D eigenvalue weighted by Gasteiger charge is -2.28. The average Bonchev–Trinajstić information content (AvgIpc) is 2.78. The molecule has 4 aromatic carbocycles. The van der Waals surface area contributed by atoms with Crippen LogP contribution in [0, 0.1) is 10.8 Å². The van der Waals surface area contributed by atoms with E-state index in [2.05, 4.69) is 102 Å². The molecule has 6 rings (SSSR count). The Labute approximate surface area is 208 Å². The summed E-state index contributed by atoms with van der Waals surface area (Å²) < 4.78 is 6.89. The number of pyridine rings is 1. The molecule has 2 heterocycles. The SMILES string of the molecule is CC(C)(C)Cc1c2c(cc3ccccc13)-c1nccc3c1c(cc1c(CC(C)(C)C)cccc13)O2. The number of fused-ring (bicyclic) bond motifs is 5. The van der Waals surface area contributed by atoms with Gasteiger partial charge in [-0.2, -0.15) is 0 Å². The van der Waals surface area contributed by atoms with E-state index in [0.717, 1.165) is 41.0 Å². The first kappa shape index (κ1) is 22.1. The van der Waals surface area contributed by atoms with Crippen molar-refractivity contribution in [1.82, 2.24) is 4.98 Å². The van der Waals surface area contributed by atoms with Gasteiger partial charge in [0.05, 0.1) is 11.1 Å². The summed E-state index contributed by atoms with van der Waals surface area (Å²) in [4.78, 5) is 4.93. The van der Waals surface area contributed by atoms with Crippen LogP contribution in [0.3, 0.4) is 0 Å². The van der Waals surface area contributed by atoms with Crippen molar-refractivity contribution in [2.75, 3.05) is 0 Å². The van der Waals surface area contributed by atoms with E-state index in [4.69, 9.17) is 9.72 Å². The first-order valence-electron chi connectivity index (χ1n) is 12.7. The summed E-state index contributed by atoms with van der Waals surface area (Å²) in [5.74, 6) is 1.90. The van der Waals surface area contributed by atoms with Gasteiger partial charge in [0.2, 0.25) is 0 Å². The van der Waals surface area contributed by atoms with Gasteiger partial charge in [-0.25, -0.2) is 0 Å². The van der Waals surface area contributed by atoms with Gasteiger partial charge in [0, 0.05) is 17.3 Å². The topological polar surface area (TPSA) is 22.1 Å². The molecule has 0 fully saturated rings. The zero-order valence-electron chi connectivity index (χ0n) is 21.6. The van der Waals surface area contributed by atoms with Crippen molar-refractivity contribution >= 4 is 32.3 Å².